The number of ether oxygens (including phenoxy) is 1. The van der Waals surface area contributed by atoms with Crippen molar-refractivity contribution in [2.45, 2.75) is 11.5 Å². The van der Waals surface area contributed by atoms with Gasteiger partial charge in [0, 0.05) is 0 Å². The maximum atomic E-state index is 11.6. The number of hydrogen-bond acceptors (Lipinski definition) is 2. The lowest BCUT2D eigenvalue weighted by Crippen LogP contribution is -2.37. The summed E-state index contributed by atoms with van der Waals surface area (Å²) in [4.78, 5) is 9.05. The van der Waals surface area contributed by atoms with Gasteiger partial charge in [-0.05, 0) is 11.6 Å². The quantitative estimate of drug-likeness (QED) is 0.485. The topological polar surface area (TPSA) is 26.3 Å². The van der Waals surface area contributed by atoms with E-state index in [1.807, 2.05) is 0 Å². The van der Waals surface area contributed by atoms with Crippen LogP contribution in [-0.4, -0.2) is 18.0 Å². The van der Waals surface area contributed by atoms with E-state index >= 15 is 0 Å². The Morgan fingerprint density at radius 1 is 1.30 bits per heavy atom. The Bertz CT molecular complexity index is 131. The van der Waals surface area contributed by atoms with Crippen LogP contribution in [0.1, 0.15) is 0 Å². The van der Waals surface area contributed by atoms with Gasteiger partial charge in [0.15, 0.2) is 0 Å². The number of alkyl halides is 5. The van der Waals surface area contributed by atoms with Gasteiger partial charge in [0.2, 0.25) is 0 Å². The molecule has 0 aromatic rings. The van der Waals surface area contributed by atoms with Crippen molar-refractivity contribution in [3.05, 3.63) is 0 Å². The zero-order valence-corrected chi connectivity index (χ0v) is 4.96. The van der Waals surface area contributed by atoms with Crippen molar-refractivity contribution in [1.29, 1.82) is 0 Å². The summed E-state index contributed by atoms with van der Waals surface area (Å²) in [7, 11) is 0. The third-order valence-electron chi connectivity index (χ3n) is 0.500. The van der Waals surface area contributed by atoms with E-state index in [9.17, 15) is 17.6 Å². The van der Waals surface area contributed by atoms with Gasteiger partial charge in [0.1, 0.15) is 0 Å². The largest absolute Gasteiger partial charge is 0.482 e. The van der Waals surface area contributed by atoms with E-state index in [-0.39, 0.29) is 6.47 Å². The summed E-state index contributed by atoms with van der Waals surface area (Å²) in [6, 6.07) is 0. The second kappa shape index (κ2) is 2.61. The molecule has 0 unspecified atom stereocenters. The Hall–Kier alpha value is -0.520. The summed E-state index contributed by atoms with van der Waals surface area (Å²) in [6.07, 6.45) is -5.00. The Morgan fingerprint density at radius 3 is 1.80 bits per heavy atom. The van der Waals surface area contributed by atoms with Gasteiger partial charge in [-0.3, -0.25) is 0 Å². The fraction of sp³-hybridized carbons (Fsp3) is 0.667. The van der Waals surface area contributed by atoms with Gasteiger partial charge in [0.05, 0.1) is 0 Å². The summed E-state index contributed by atoms with van der Waals surface area (Å²) in [5.74, 6) is 0. The van der Waals surface area contributed by atoms with Crippen molar-refractivity contribution in [2.75, 3.05) is 0 Å². The van der Waals surface area contributed by atoms with Gasteiger partial charge >= 0.3 is 18.0 Å². The second-order valence-electron chi connectivity index (χ2n) is 1.20. The highest BCUT2D eigenvalue weighted by molar-refractivity contribution is 6.22. The predicted octanol–water partition coefficient (Wildman–Crippen LogP) is 1.49. The molecule has 0 aromatic heterocycles. The molecule has 0 rings (SSSR count). The van der Waals surface area contributed by atoms with Gasteiger partial charge in [-0.25, -0.2) is 4.79 Å². The van der Waals surface area contributed by atoms with Crippen LogP contribution in [0.15, 0.2) is 0 Å². The minimum atomic E-state index is -5.00. The number of hydrogen-bond donors (Lipinski definition) is 0. The molecule has 0 atom stereocenters. The Kier molecular flexibility index (Phi) is 2.48. The van der Waals surface area contributed by atoms with E-state index in [1.54, 1.807) is 0 Å². The first kappa shape index (κ1) is 9.48. The highest BCUT2D eigenvalue weighted by Gasteiger charge is 2.58. The molecule has 0 aromatic carbocycles. The molecule has 0 fully saturated rings. The zero-order chi connectivity index (χ0) is 8.41. The van der Waals surface area contributed by atoms with Crippen molar-refractivity contribution in [3.8, 4) is 0 Å². The molecular weight excluding hydrogens is 179 g/mol. The van der Waals surface area contributed by atoms with Gasteiger partial charge in [-0.15, -0.1) is 0 Å². The first-order chi connectivity index (χ1) is 4.31. The molecule has 0 aliphatic carbocycles. The first-order valence-electron chi connectivity index (χ1n) is 1.81. The minimum Gasteiger partial charge on any atom is -0.386 e. The SMILES string of the molecule is O=[C]OC(F)(F)C(F)(F)Cl. The maximum Gasteiger partial charge on any atom is 0.482 e. The normalized spacial score (nSPS) is 12.9. The number of rotatable bonds is 3. The number of halogens is 5. The van der Waals surface area contributed by atoms with Crippen LogP contribution < -0.4 is 0 Å². The predicted molar refractivity (Wildman–Crippen MR) is 22.5 cm³/mol. The summed E-state index contributed by atoms with van der Waals surface area (Å²) >= 11 is 3.82. The molecule has 59 valence electrons. The van der Waals surface area contributed by atoms with Crippen LogP contribution in [0.5, 0.6) is 0 Å². The molecule has 0 N–H and O–H groups in total. The van der Waals surface area contributed by atoms with Crippen molar-refractivity contribution >= 4 is 18.1 Å². The lowest BCUT2D eigenvalue weighted by atomic mass is 10.6. The van der Waals surface area contributed by atoms with E-state index in [4.69, 9.17) is 4.79 Å². The van der Waals surface area contributed by atoms with Gasteiger partial charge in [-0.1, -0.05) is 0 Å². The van der Waals surface area contributed by atoms with Crippen LogP contribution in [0.4, 0.5) is 17.6 Å². The molecule has 0 saturated heterocycles. The van der Waals surface area contributed by atoms with Crippen molar-refractivity contribution in [3.63, 3.8) is 0 Å². The van der Waals surface area contributed by atoms with Crippen molar-refractivity contribution in [2.24, 2.45) is 0 Å². The summed E-state index contributed by atoms with van der Waals surface area (Å²) < 4.78 is 48.5. The molecule has 0 amide bonds. The molecular formula is C3ClF4O2. The fourth-order valence-electron chi connectivity index (χ4n) is 0.110. The molecule has 0 heterocycles. The van der Waals surface area contributed by atoms with Crippen LogP contribution >= 0.6 is 11.6 Å². The molecule has 0 bridgehead atoms. The second-order valence-corrected chi connectivity index (χ2v) is 1.67. The lowest BCUT2D eigenvalue weighted by Gasteiger charge is -2.16. The third kappa shape index (κ3) is 2.02. The molecule has 0 aliphatic heterocycles. The maximum absolute atomic E-state index is 11.6. The molecule has 2 nitrogen and oxygen atoms in total. The third-order valence-corrected chi connectivity index (χ3v) is 0.720. The average Bonchev–Trinajstić information content (AvgIpc) is 1.61. The van der Waals surface area contributed by atoms with E-state index < -0.39 is 11.5 Å². The van der Waals surface area contributed by atoms with Crippen LogP contribution in [0, 0.1) is 0 Å². The van der Waals surface area contributed by atoms with Gasteiger partial charge in [-0.2, -0.15) is 17.6 Å². The van der Waals surface area contributed by atoms with Crippen LogP contribution in [0.25, 0.3) is 0 Å². The standard InChI is InChI=1S/C3ClF4O2/c4-2(5,6)3(7,8)10-1-9. The monoisotopic (exact) mass is 179 g/mol. The Labute approximate surface area is 57.7 Å². The Balaban J connectivity index is 4.23. The van der Waals surface area contributed by atoms with E-state index in [0.29, 0.717) is 0 Å². The Morgan fingerprint density at radius 2 is 1.70 bits per heavy atom. The lowest BCUT2D eigenvalue weighted by molar-refractivity contribution is -0.280. The van der Waals surface area contributed by atoms with Crippen molar-refractivity contribution in [1.82, 2.24) is 0 Å². The van der Waals surface area contributed by atoms with Crippen LogP contribution in [-0.2, 0) is 9.53 Å². The average molecular weight is 179 g/mol. The van der Waals surface area contributed by atoms with E-state index in [1.165, 1.54) is 0 Å². The van der Waals surface area contributed by atoms with Crippen LogP contribution in [0.2, 0.25) is 0 Å². The highest BCUT2D eigenvalue weighted by atomic mass is 35.5. The molecule has 0 aliphatic rings. The smallest absolute Gasteiger partial charge is 0.386 e. The van der Waals surface area contributed by atoms with E-state index in [0.717, 1.165) is 0 Å². The fourth-order valence-corrected chi connectivity index (χ4v) is 0.149. The van der Waals surface area contributed by atoms with Crippen LogP contribution in [0.3, 0.4) is 0 Å². The molecule has 7 heteroatoms. The van der Waals surface area contributed by atoms with Gasteiger partial charge in [0.25, 0.3) is 0 Å². The van der Waals surface area contributed by atoms with Crippen molar-refractivity contribution < 1.29 is 27.1 Å². The molecule has 10 heavy (non-hydrogen) atoms. The minimum absolute atomic E-state index is 0.150. The zero-order valence-electron chi connectivity index (χ0n) is 4.21. The van der Waals surface area contributed by atoms with E-state index in [2.05, 4.69) is 16.3 Å². The molecule has 1 radical (unpaired) electrons. The first-order valence-corrected chi connectivity index (χ1v) is 2.19. The molecule has 0 spiro atoms. The summed E-state index contributed by atoms with van der Waals surface area (Å²) in [5.41, 5.74) is 0. The summed E-state index contributed by atoms with van der Waals surface area (Å²) in [6.45, 7) is 0.150. The highest BCUT2D eigenvalue weighted by Crippen LogP contribution is 2.37. The summed E-state index contributed by atoms with van der Waals surface area (Å²) in [5, 5.41) is -4.90. The number of carbonyl (C=O) groups excluding carboxylic acids is 1. The van der Waals surface area contributed by atoms with Gasteiger partial charge < -0.3 is 4.74 Å². The molecule has 0 saturated carbocycles.